The highest BCUT2D eigenvalue weighted by molar-refractivity contribution is 6.44. The average molecular weight is 731 g/mol. The van der Waals surface area contributed by atoms with Crippen molar-refractivity contribution in [2.75, 3.05) is 0 Å². The molecular formula is C58H34. The highest BCUT2D eigenvalue weighted by Gasteiger charge is 2.39. The van der Waals surface area contributed by atoms with Gasteiger partial charge in [-0.3, -0.25) is 0 Å². The molecule has 0 spiro atoms. The summed E-state index contributed by atoms with van der Waals surface area (Å²) in [6.07, 6.45) is 0. The lowest BCUT2D eigenvalue weighted by atomic mass is 9.81. The van der Waals surface area contributed by atoms with Gasteiger partial charge in [0.25, 0.3) is 0 Å². The van der Waals surface area contributed by atoms with Gasteiger partial charge < -0.3 is 0 Å². The molecule has 0 unspecified atom stereocenters. The molecule has 58 heavy (non-hydrogen) atoms. The van der Waals surface area contributed by atoms with Gasteiger partial charge in [-0.15, -0.1) is 0 Å². The lowest BCUT2D eigenvalue weighted by molar-refractivity contribution is 1.59. The van der Waals surface area contributed by atoms with Crippen LogP contribution in [0, 0.1) is 0 Å². The van der Waals surface area contributed by atoms with Crippen LogP contribution in [-0.4, -0.2) is 0 Å². The summed E-state index contributed by atoms with van der Waals surface area (Å²) in [6.45, 7) is 0. The lowest BCUT2D eigenvalue weighted by Gasteiger charge is -2.22. The minimum Gasteiger partial charge on any atom is -0.0622 e. The van der Waals surface area contributed by atoms with Crippen molar-refractivity contribution in [3.8, 4) is 89.0 Å². The van der Waals surface area contributed by atoms with Gasteiger partial charge >= 0.3 is 0 Å². The molecule has 0 aliphatic heterocycles. The number of hydrogen-bond donors (Lipinski definition) is 0. The molecule has 0 radical (unpaired) electrons. The molecule has 0 amide bonds. The first kappa shape index (κ1) is 31.6. The highest BCUT2D eigenvalue weighted by Crippen LogP contribution is 2.67. The molecule has 0 atom stereocenters. The van der Waals surface area contributed by atoms with Crippen LogP contribution in [0.25, 0.3) is 132 Å². The van der Waals surface area contributed by atoms with E-state index in [0.717, 1.165) is 0 Å². The molecule has 0 bridgehead atoms. The van der Waals surface area contributed by atoms with Gasteiger partial charge in [-0.2, -0.15) is 0 Å². The number of fused-ring (bicyclic) bond motifs is 13. The summed E-state index contributed by atoms with van der Waals surface area (Å²) in [7, 11) is 0. The van der Waals surface area contributed by atoms with Gasteiger partial charge in [0.15, 0.2) is 0 Å². The van der Waals surface area contributed by atoms with Crippen LogP contribution >= 0.6 is 0 Å². The third kappa shape index (κ3) is 4.14. The van der Waals surface area contributed by atoms with Crippen molar-refractivity contribution in [1.82, 2.24) is 0 Å². The predicted octanol–water partition coefficient (Wildman–Crippen LogP) is 16.3. The van der Waals surface area contributed by atoms with Crippen molar-refractivity contribution in [1.29, 1.82) is 0 Å². The fourth-order valence-corrected chi connectivity index (χ4v) is 10.8. The Morgan fingerprint density at radius 1 is 0.155 bits per heavy atom. The Morgan fingerprint density at radius 3 is 0.707 bits per heavy atom. The van der Waals surface area contributed by atoms with Crippen LogP contribution in [0.3, 0.4) is 0 Å². The standard InChI is InChI=1S/C58H34/c1-5-19-35(20-6-1)39-33-34-40(36-21-7-2-8-22-36)50-49(39)51-43-29-15-17-31-45(43)53-55-47(37-23-9-3-10-24-37)41-27-13-14-28-42(41)48(38-25-11-4-12-26-38)56(55)54-46-32-18-16-30-44(46)52(50)57(51)58(53)54/h1-34H. The topological polar surface area (TPSA) is 0 Å². The van der Waals surface area contributed by atoms with Gasteiger partial charge in [0, 0.05) is 0 Å². The van der Waals surface area contributed by atoms with E-state index < -0.39 is 0 Å². The Labute approximate surface area is 336 Å². The molecule has 0 N–H and O–H groups in total. The van der Waals surface area contributed by atoms with Crippen molar-refractivity contribution >= 4 is 43.1 Å². The summed E-state index contributed by atoms with van der Waals surface area (Å²) in [4.78, 5) is 0. The molecule has 13 rings (SSSR count). The van der Waals surface area contributed by atoms with Crippen LogP contribution in [0.2, 0.25) is 0 Å². The van der Waals surface area contributed by atoms with E-state index in [9.17, 15) is 0 Å². The third-order valence-electron chi connectivity index (χ3n) is 12.9. The molecule has 11 aromatic rings. The van der Waals surface area contributed by atoms with Crippen molar-refractivity contribution in [2.24, 2.45) is 0 Å². The first-order chi connectivity index (χ1) is 28.9. The van der Waals surface area contributed by atoms with Gasteiger partial charge in [0.05, 0.1) is 0 Å². The molecule has 2 aliphatic carbocycles. The van der Waals surface area contributed by atoms with Crippen molar-refractivity contribution < 1.29 is 0 Å². The van der Waals surface area contributed by atoms with E-state index in [2.05, 4.69) is 206 Å². The average Bonchev–Trinajstić information content (AvgIpc) is 3.84. The van der Waals surface area contributed by atoms with Crippen LogP contribution in [0.4, 0.5) is 0 Å². The zero-order valence-corrected chi connectivity index (χ0v) is 31.6. The molecule has 0 heteroatoms. The lowest BCUT2D eigenvalue weighted by Crippen LogP contribution is -1.94. The van der Waals surface area contributed by atoms with E-state index in [1.165, 1.54) is 132 Å². The first-order valence-corrected chi connectivity index (χ1v) is 20.3. The second-order valence-corrected chi connectivity index (χ2v) is 15.8. The summed E-state index contributed by atoms with van der Waals surface area (Å²) in [5.74, 6) is 0. The molecule has 0 saturated carbocycles. The Bertz CT molecular complexity index is 3280. The normalized spacial score (nSPS) is 12.1. The summed E-state index contributed by atoms with van der Waals surface area (Å²) >= 11 is 0. The quantitative estimate of drug-likeness (QED) is 0.158. The van der Waals surface area contributed by atoms with Gasteiger partial charge in [-0.25, -0.2) is 0 Å². The van der Waals surface area contributed by atoms with E-state index >= 15 is 0 Å². The van der Waals surface area contributed by atoms with Gasteiger partial charge in [-0.05, 0) is 132 Å². The van der Waals surface area contributed by atoms with Crippen LogP contribution in [0.5, 0.6) is 0 Å². The zero-order valence-electron chi connectivity index (χ0n) is 31.6. The van der Waals surface area contributed by atoms with Crippen molar-refractivity contribution in [3.63, 3.8) is 0 Å². The summed E-state index contributed by atoms with van der Waals surface area (Å²) in [5, 5.41) is 10.5. The fraction of sp³-hybridized carbons (Fsp3) is 0. The Kier molecular flexibility index (Phi) is 6.54. The van der Waals surface area contributed by atoms with Gasteiger partial charge in [0.1, 0.15) is 0 Å². The smallest absolute Gasteiger partial charge is 0.0000469 e. The second-order valence-electron chi connectivity index (χ2n) is 15.8. The Morgan fingerprint density at radius 2 is 0.397 bits per heavy atom. The maximum atomic E-state index is 2.39. The summed E-state index contributed by atoms with van der Waals surface area (Å²) in [5.41, 5.74) is 20.8. The Hall–Kier alpha value is -7.54. The monoisotopic (exact) mass is 730 g/mol. The highest BCUT2D eigenvalue weighted by atomic mass is 14.4. The maximum absolute atomic E-state index is 2.39. The summed E-state index contributed by atoms with van der Waals surface area (Å²) in [6, 6.07) is 76.6. The number of rotatable bonds is 4. The first-order valence-electron chi connectivity index (χ1n) is 20.3. The molecule has 266 valence electrons. The van der Waals surface area contributed by atoms with Crippen LogP contribution in [0.1, 0.15) is 0 Å². The zero-order chi connectivity index (χ0) is 37.9. The molecule has 0 heterocycles. The van der Waals surface area contributed by atoms with Crippen molar-refractivity contribution in [2.45, 2.75) is 0 Å². The number of hydrogen-bond acceptors (Lipinski definition) is 0. The minimum absolute atomic E-state index is 1.24. The maximum Gasteiger partial charge on any atom is -0.0000469 e. The largest absolute Gasteiger partial charge is 0.0622 e. The fourth-order valence-electron chi connectivity index (χ4n) is 10.8. The third-order valence-corrected chi connectivity index (χ3v) is 12.9. The Balaban J connectivity index is 1.33. The van der Waals surface area contributed by atoms with E-state index in [1.807, 2.05) is 0 Å². The molecule has 0 fully saturated rings. The van der Waals surface area contributed by atoms with Crippen LogP contribution < -0.4 is 0 Å². The van der Waals surface area contributed by atoms with E-state index in [1.54, 1.807) is 0 Å². The number of benzene rings is 11. The molecule has 11 aromatic carbocycles. The van der Waals surface area contributed by atoms with E-state index in [0.29, 0.717) is 0 Å². The SMILES string of the molecule is c1ccc(-c2ccc(-c3ccccc3)c3c2-c2c4ccccc4c4c5c(c6ccccc6c-3c25)-c2c-4c(-c3ccccc3)c3ccccc3c2-c2ccccc2)cc1. The van der Waals surface area contributed by atoms with Crippen molar-refractivity contribution in [3.05, 3.63) is 206 Å². The molecule has 2 aliphatic rings. The van der Waals surface area contributed by atoms with E-state index in [-0.39, 0.29) is 0 Å². The molecule has 0 nitrogen and oxygen atoms in total. The summed E-state index contributed by atoms with van der Waals surface area (Å²) < 4.78 is 0. The van der Waals surface area contributed by atoms with Crippen LogP contribution in [0.15, 0.2) is 206 Å². The van der Waals surface area contributed by atoms with Gasteiger partial charge in [0.2, 0.25) is 0 Å². The molecule has 0 aromatic heterocycles. The van der Waals surface area contributed by atoms with Crippen LogP contribution in [-0.2, 0) is 0 Å². The molecule has 0 saturated heterocycles. The second kappa shape index (κ2) is 12.0. The minimum atomic E-state index is 1.24. The van der Waals surface area contributed by atoms with Gasteiger partial charge in [-0.1, -0.05) is 206 Å². The predicted molar refractivity (Wildman–Crippen MR) is 247 cm³/mol. The van der Waals surface area contributed by atoms with E-state index in [4.69, 9.17) is 0 Å². The molecular weight excluding hydrogens is 697 g/mol.